The van der Waals surface area contributed by atoms with Crippen LogP contribution in [0.5, 0.6) is 0 Å². The summed E-state index contributed by atoms with van der Waals surface area (Å²) in [6.07, 6.45) is 4.78. The molecular formula is C16H25ClN2O. The molecule has 1 aromatic rings. The maximum Gasteiger partial charge on any atom is 0.254 e. The molecular weight excluding hydrogens is 272 g/mol. The van der Waals surface area contributed by atoms with Crippen molar-refractivity contribution in [2.24, 2.45) is 5.92 Å². The summed E-state index contributed by atoms with van der Waals surface area (Å²) in [6.45, 7) is 5.17. The molecule has 2 rings (SSSR count). The van der Waals surface area contributed by atoms with E-state index in [1.165, 1.54) is 12.8 Å². The monoisotopic (exact) mass is 296 g/mol. The van der Waals surface area contributed by atoms with Gasteiger partial charge < -0.3 is 10.6 Å². The highest BCUT2D eigenvalue weighted by atomic mass is 35.5. The van der Waals surface area contributed by atoms with Crippen molar-refractivity contribution < 1.29 is 4.79 Å². The molecule has 0 heterocycles. The Balaban J connectivity index is 0.00000200. The summed E-state index contributed by atoms with van der Waals surface area (Å²) in [4.78, 5) is 14.7. The molecule has 1 aliphatic carbocycles. The van der Waals surface area contributed by atoms with Crippen molar-refractivity contribution in [3.8, 4) is 0 Å². The van der Waals surface area contributed by atoms with Gasteiger partial charge in [0.05, 0.1) is 0 Å². The van der Waals surface area contributed by atoms with Crippen molar-refractivity contribution in [2.75, 3.05) is 12.3 Å². The van der Waals surface area contributed by atoms with E-state index in [2.05, 4.69) is 18.7 Å². The van der Waals surface area contributed by atoms with E-state index in [0.29, 0.717) is 17.6 Å². The number of hydrogen-bond donors (Lipinski definition) is 1. The fraction of sp³-hybridized carbons (Fsp3) is 0.562. The molecule has 0 unspecified atom stereocenters. The smallest absolute Gasteiger partial charge is 0.254 e. The Morgan fingerprint density at radius 1 is 1.25 bits per heavy atom. The number of hydrogen-bond acceptors (Lipinski definition) is 2. The molecule has 0 radical (unpaired) electrons. The number of amides is 1. The second kappa shape index (κ2) is 7.53. The topological polar surface area (TPSA) is 46.3 Å². The number of benzene rings is 1. The van der Waals surface area contributed by atoms with Gasteiger partial charge in [-0.3, -0.25) is 4.79 Å². The second-order valence-corrected chi connectivity index (χ2v) is 5.91. The SMILES string of the molecule is CC(C)CN(C(=O)c1ccc(N)cc1)C1CCCC1.Cl. The third-order valence-electron chi connectivity index (χ3n) is 3.75. The maximum absolute atomic E-state index is 12.7. The Bertz CT molecular complexity index is 425. The summed E-state index contributed by atoms with van der Waals surface area (Å²) in [7, 11) is 0. The Morgan fingerprint density at radius 2 is 1.80 bits per heavy atom. The van der Waals surface area contributed by atoms with Crippen molar-refractivity contribution in [3.05, 3.63) is 29.8 Å². The molecule has 0 bridgehead atoms. The molecule has 4 heteroatoms. The summed E-state index contributed by atoms with van der Waals surface area (Å²) in [5, 5.41) is 0. The van der Waals surface area contributed by atoms with Crippen molar-refractivity contribution in [2.45, 2.75) is 45.6 Å². The van der Waals surface area contributed by atoms with Gasteiger partial charge >= 0.3 is 0 Å². The average Bonchev–Trinajstić information content (AvgIpc) is 2.89. The highest BCUT2D eigenvalue weighted by Gasteiger charge is 2.27. The summed E-state index contributed by atoms with van der Waals surface area (Å²) < 4.78 is 0. The van der Waals surface area contributed by atoms with Crippen LogP contribution in [0, 0.1) is 5.92 Å². The van der Waals surface area contributed by atoms with Gasteiger partial charge in [-0.1, -0.05) is 26.7 Å². The molecule has 0 aromatic heterocycles. The van der Waals surface area contributed by atoms with Crippen LogP contribution in [0.25, 0.3) is 0 Å². The lowest BCUT2D eigenvalue weighted by Crippen LogP contribution is -2.41. The van der Waals surface area contributed by atoms with Crippen LogP contribution in [0.1, 0.15) is 49.9 Å². The molecule has 1 saturated carbocycles. The fourth-order valence-electron chi connectivity index (χ4n) is 2.80. The molecule has 112 valence electrons. The minimum atomic E-state index is 0. The fourth-order valence-corrected chi connectivity index (χ4v) is 2.80. The number of rotatable bonds is 4. The number of anilines is 1. The Labute approximate surface area is 127 Å². The molecule has 0 saturated heterocycles. The first kappa shape index (κ1) is 16.8. The quantitative estimate of drug-likeness (QED) is 0.861. The number of nitrogen functional groups attached to an aromatic ring is 1. The third-order valence-corrected chi connectivity index (χ3v) is 3.75. The first-order valence-corrected chi connectivity index (χ1v) is 7.24. The summed E-state index contributed by atoms with van der Waals surface area (Å²) >= 11 is 0. The normalized spacial score (nSPS) is 15.2. The van der Waals surface area contributed by atoms with Gasteiger partial charge in [-0.15, -0.1) is 12.4 Å². The lowest BCUT2D eigenvalue weighted by atomic mass is 10.1. The zero-order chi connectivity index (χ0) is 13.8. The zero-order valence-electron chi connectivity index (χ0n) is 12.3. The highest BCUT2D eigenvalue weighted by Crippen LogP contribution is 2.26. The Hall–Kier alpha value is -1.22. The van der Waals surface area contributed by atoms with E-state index in [4.69, 9.17) is 5.73 Å². The maximum atomic E-state index is 12.7. The molecule has 1 aliphatic rings. The molecule has 0 spiro atoms. The van der Waals surface area contributed by atoms with Gasteiger partial charge in [0.15, 0.2) is 0 Å². The lowest BCUT2D eigenvalue weighted by molar-refractivity contribution is 0.0655. The van der Waals surface area contributed by atoms with Gasteiger partial charge in [-0.05, 0) is 43.0 Å². The van der Waals surface area contributed by atoms with Crippen LogP contribution < -0.4 is 5.73 Å². The molecule has 3 nitrogen and oxygen atoms in total. The number of halogens is 1. The molecule has 2 N–H and O–H groups in total. The van der Waals surface area contributed by atoms with Crippen LogP contribution in [0.15, 0.2) is 24.3 Å². The average molecular weight is 297 g/mol. The standard InChI is InChI=1S/C16H24N2O.ClH/c1-12(2)11-18(15-5-3-4-6-15)16(19)13-7-9-14(17)10-8-13;/h7-10,12,15H,3-6,11,17H2,1-2H3;1H. The summed E-state index contributed by atoms with van der Waals surface area (Å²) in [5.41, 5.74) is 7.13. The summed E-state index contributed by atoms with van der Waals surface area (Å²) in [6, 6.07) is 7.69. The predicted octanol–water partition coefficient (Wildman–Crippen LogP) is 3.73. The predicted molar refractivity (Wildman–Crippen MR) is 86.2 cm³/mol. The van der Waals surface area contributed by atoms with Crippen LogP contribution >= 0.6 is 12.4 Å². The lowest BCUT2D eigenvalue weighted by Gasteiger charge is -2.30. The minimum Gasteiger partial charge on any atom is -0.399 e. The van der Waals surface area contributed by atoms with Crippen molar-refractivity contribution in [1.29, 1.82) is 0 Å². The van der Waals surface area contributed by atoms with E-state index in [-0.39, 0.29) is 18.3 Å². The van der Waals surface area contributed by atoms with E-state index in [9.17, 15) is 4.79 Å². The van der Waals surface area contributed by atoms with Crippen LogP contribution in [0.3, 0.4) is 0 Å². The number of carbonyl (C=O) groups is 1. The van der Waals surface area contributed by atoms with Gasteiger partial charge in [-0.25, -0.2) is 0 Å². The molecule has 0 atom stereocenters. The molecule has 1 fully saturated rings. The van der Waals surface area contributed by atoms with Crippen molar-refractivity contribution in [3.63, 3.8) is 0 Å². The first-order chi connectivity index (χ1) is 9.08. The molecule has 0 aliphatic heterocycles. The van der Waals surface area contributed by atoms with Crippen LogP contribution in [-0.4, -0.2) is 23.4 Å². The van der Waals surface area contributed by atoms with E-state index in [0.717, 1.165) is 24.9 Å². The Morgan fingerprint density at radius 3 is 2.30 bits per heavy atom. The number of nitrogens with two attached hydrogens (primary N) is 1. The number of nitrogens with zero attached hydrogens (tertiary/aromatic N) is 1. The number of carbonyl (C=O) groups excluding carboxylic acids is 1. The van der Waals surface area contributed by atoms with E-state index in [1.807, 2.05) is 12.1 Å². The zero-order valence-corrected chi connectivity index (χ0v) is 13.2. The van der Waals surface area contributed by atoms with Gasteiger partial charge in [0, 0.05) is 23.8 Å². The van der Waals surface area contributed by atoms with E-state index < -0.39 is 0 Å². The summed E-state index contributed by atoms with van der Waals surface area (Å²) in [5.74, 6) is 0.652. The van der Waals surface area contributed by atoms with Crippen molar-refractivity contribution >= 4 is 24.0 Å². The highest BCUT2D eigenvalue weighted by molar-refractivity contribution is 5.94. The van der Waals surface area contributed by atoms with Gasteiger partial charge in [-0.2, -0.15) is 0 Å². The van der Waals surface area contributed by atoms with Crippen molar-refractivity contribution in [1.82, 2.24) is 4.90 Å². The van der Waals surface area contributed by atoms with E-state index in [1.54, 1.807) is 12.1 Å². The van der Waals surface area contributed by atoms with E-state index >= 15 is 0 Å². The second-order valence-electron chi connectivity index (χ2n) is 5.91. The molecule has 1 aromatic carbocycles. The largest absolute Gasteiger partial charge is 0.399 e. The first-order valence-electron chi connectivity index (χ1n) is 7.24. The van der Waals surface area contributed by atoms with Gasteiger partial charge in [0.2, 0.25) is 0 Å². The van der Waals surface area contributed by atoms with Crippen LogP contribution in [0.4, 0.5) is 5.69 Å². The van der Waals surface area contributed by atoms with Crippen LogP contribution in [-0.2, 0) is 0 Å². The third kappa shape index (κ3) is 4.14. The van der Waals surface area contributed by atoms with Gasteiger partial charge in [0.25, 0.3) is 5.91 Å². The van der Waals surface area contributed by atoms with Gasteiger partial charge in [0.1, 0.15) is 0 Å². The molecule has 1 amide bonds. The van der Waals surface area contributed by atoms with Crippen LogP contribution in [0.2, 0.25) is 0 Å². The Kier molecular flexibility index (Phi) is 6.34. The minimum absolute atomic E-state index is 0. The molecule has 20 heavy (non-hydrogen) atoms.